The third-order valence-electron chi connectivity index (χ3n) is 3.26. The van der Waals surface area contributed by atoms with Gasteiger partial charge in [0.25, 0.3) is 0 Å². The number of halogens is 1. The van der Waals surface area contributed by atoms with Crippen LogP contribution in [0.15, 0.2) is 29.3 Å². The standard InChI is InChI=1S/C13H20N4.HI/c1-15-13(14)16-8-10-7-11-5-3-4-6-12(11)17(2)9-10;/h3-6,10H,7-9H2,1-2H3,(H3,14,15,16);1H. The van der Waals surface area contributed by atoms with Gasteiger partial charge in [-0.1, -0.05) is 18.2 Å². The van der Waals surface area contributed by atoms with Gasteiger partial charge in [0.05, 0.1) is 0 Å². The topological polar surface area (TPSA) is 53.6 Å². The predicted molar refractivity (Wildman–Crippen MR) is 87.9 cm³/mol. The zero-order valence-electron chi connectivity index (χ0n) is 10.9. The third kappa shape index (κ3) is 3.51. The molecule has 1 unspecified atom stereocenters. The molecule has 0 aliphatic carbocycles. The van der Waals surface area contributed by atoms with E-state index in [0.717, 1.165) is 19.5 Å². The molecule has 1 aliphatic rings. The second kappa shape index (κ2) is 6.82. The third-order valence-corrected chi connectivity index (χ3v) is 3.26. The number of guanidine groups is 1. The summed E-state index contributed by atoms with van der Waals surface area (Å²) in [7, 11) is 3.84. The average molecular weight is 360 g/mol. The second-order valence-electron chi connectivity index (χ2n) is 4.57. The van der Waals surface area contributed by atoms with E-state index in [1.165, 1.54) is 11.3 Å². The summed E-state index contributed by atoms with van der Waals surface area (Å²) in [6, 6.07) is 8.58. The van der Waals surface area contributed by atoms with Crippen LogP contribution in [0.2, 0.25) is 0 Å². The van der Waals surface area contributed by atoms with Gasteiger partial charge >= 0.3 is 0 Å². The summed E-state index contributed by atoms with van der Waals surface area (Å²) >= 11 is 0. The lowest BCUT2D eigenvalue weighted by Crippen LogP contribution is -2.41. The van der Waals surface area contributed by atoms with E-state index in [4.69, 9.17) is 5.73 Å². The Morgan fingerprint density at radius 3 is 2.94 bits per heavy atom. The molecule has 2 rings (SSSR count). The number of nitrogens with two attached hydrogens (primary N) is 1. The zero-order chi connectivity index (χ0) is 12.3. The smallest absolute Gasteiger partial charge is 0.188 e. The average Bonchev–Trinajstić information content (AvgIpc) is 2.36. The molecule has 1 atom stereocenters. The molecule has 0 aromatic heterocycles. The molecule has 100 valence electrons. The summed E-state index contributed by atoms with van der Waals surface area (Å²) in [5.74, 6) is 1.10. The molecule has 1 aliphatic heterocycles. The van der Waals surface area contributed by atoms with Crippen LogP contribution in [0.4, 0.5) is 5.69 Å². The lowest BCUT2D eigenvalue weighted by atomic mass is 9.93. The fourth-order valence-electron chi connectivity index (χ4n) is 2.38. The summed E-state index contributed by atoms with van der Waals surface area (Å²) in [5.41, 5.74) is 8.41. The van der Waals surface area contributed by atoms with Gasteiger partial charge in [-0.2, -0.15) is 0 Å². The van der Waals surface area contributed by atoms with Crippen LogP contribution in [0.1, 0.15) is 5.56 Å². The number of anilines is 1. The SMILES string of the molecule is CN=C(N)NCC1Cc2ccccc2N(C)C1.I. The first-order valence-electron chi connectivity index (χ1n) is 5.96. The Labute approximate surface area is 126 Å². The summed E-state index contributed by atoms with van der Waals surface area (Å²) in [6.07, 6.45) is 1.10. The molecule has 0 saturated heterocycles. The zero-order valence-corrected chi connectivity index (χ0v) is 13.2. The molecule has 3 N–H and O–H groups in total. The molecule has 0 bridgehead atoms. The van der Waals surface area contributed by atoms with Crippen LogP contribution in [0.3, 0.4) is 0 Å². The van der Waals surface area contributed by atoms with Crippen molar-refractivity contribution in [2.24, 2.45) is 16.6 Å². The van der Waals surface area contributed by atoms with E-state index in [1.807, 2.05) is 0 Å². The van der Waals surface area contributed by atoms with Crippen molar-refractivity contribution in [2.75, 3.05) is 32.1 Å². The van der Waals surface area contributed by atoms with Gasteiger partial charge in [0.15, 0.2) is 5.96 Å². The maximum Gasteiger partial charge on any atom is 0.188 e. The molecule has 0 saturated carbocycles. The molecule has 0 radical (unpaired) electrons. The van der Waals surface area contributed by atoms with Crippen molar-refractivity contribution < 1.29 is 0 Å². The van der Waals surface area contributed by atoms with Gasteiger partial charge in [0.2, 0.25) is 0 Å². The van der Waals surface area contributed by atoms with Crippen molar-refractivity contribution in [3.8, 4) is 0 Å². The molecule has 1 aromatic rings. The first-order valence-corrected chi connectivity index (χ1v) is 5.96. The van der Waals surface area contributed by atoms with E-state index in [-0.39, 0.29) is 24.0 Å². The van der Waals surface area contributed by atoms with Crippen molar-refractivity contribution in [3.05, 3.63) is 29.8 Å². The van der Waals surface area contributed by atoms with Crippen LogP contribution in [-0.4, -0.2) is 33.1 Å². The highest BCUT2D eigenvalue weighted by molar-refractivity contribution is 14.0. The van der Waals surface area contributed by atoms with Crippen LogP contribution < -0.4 is 16.0 Å². The van der Waals surface area contributed by atoms with E-state index >= 15 is 0 Å². The van der Waals surface area contributed by atoms with Crippen molar-refractivity contribution in [1.82, 2.24) is 5.32 Å². The highest BCUT2D eigenvalue weighted by Crippen LogP contribution is 2.27. The van der Waals surface area contributed by atoms with Gasteiger partial charge in [-0.3, -0.25) is 4.99 Å². The fourth-order valence-corrected chi connectivity index (χ4v) is 2.38. The van der Waals surface area contributed by atoms with E-state index in [1.54, 1.807) is 7.05 Å². The Kier molecular flexibility index (Phi) is 5.71. The molecule has 5 heteroatoms. The minimum atomic E-state index is 0. The van der Waals surface area contributed by atoms with Crippen LogP contribution in [-0.2, 0) is 6.42 Å². The minimum absolute atomic E-state index is 0. The number of nitrogens with zero attached hydrogens (tertiary/aromatic N) is 2. The molecule has 1 aromatic carbocycles. The molecule has 1 heterocycles. The lowest BCUT2D eigenvalue weighted by molar-refractivity contribution is 0.494. The number of nitrogens with one attached hydrogen (secondary N) is 1. The van der Waals surface area contributed by atoms with Gasteiger partial charge in [-0.15, -0.1) is 24.0 Å². The number of rotatable bonds is 2. The molecule has 0 spiro atoms. The summed E-state index contributed by atoms with van der Waals surface area (Å²) < 4.78 is 0. The molecular formula is C13H21IN4. The Balaban J connectivity index is 0.00000162. The Morgan fingerprint density at radius 2 is 2.22 bits per heavy atom. The van der Waals surface area contributed by atoms with Gasteiger partial charge in [0.1, 0.15) is 0 Å². The molecule has 0 fully saturated rings. The first kappa shape index (κ1) is 15.1. The Morgan fingerprint density at radius 1 is 1.50 bits per heavy atom. The van der Waals surface area contributed by atoms with Crippen molar-refractivity contribution in [1.29, 1.82) is 0 Å². The van der Waals surface area contributed by atoms with Crippen LogP contribution >= 0.6 is 24.0 Å². The summed E-state index contributed by atoms with van der Waals surface area (Å²) in [4.78, 5) is 6.22. The van der Waals surface area contributed by atoms with Crippen molar-refractivity contribution in [3.63, 3.8) is 0 Å². The quantitative estimate of drug-likeness (QED) is 0.477. The van der Waals surface area contributed by atoms with Crippen molar-refractivity contribution >= 4 is 35.6 Å². The number of hydrogen-bond acceptors (Lipinski definition) is 2. The number of hydrogen-bond donors (Lipinski definition) is 2. The second-order valence-corrected chi connectivity index (χ2v) is 4.57. The normalized spacial score (nSPS) is 18.9. The van der Waals surface area contributed by atoms with Gasteiger partial charge in [-0.05, 0) is 24.0 Å². The number of benzene rings is 1. The van der Waals surface area contributed by atoms with Crippen LogP contribution in [0.25, 0.3) is 0 Å². The van der Waals surface area contributed by atoms with Gasteiger partial charge in [0, 0.05) is 32.9 Å². The first-order chi connectivity index (χ1) is 8.20. The number of para-hydroxylation sites is 1. The van der Waals surface area contributed by atoms with Crippen LogP contribution in [0, 0.1) is 5.92 Å². The largest absolute Gasteiger partial charge is 0.374 e. The van der Waals surface area contributed by atoms with E-state index in [2.05, 4.69) is 46.5 Å². The van der Waals surface area contributed by atoms with Gasteiger partial charge < -0.3 is 16.0 Å². The highest BCUT2D eigenvalue weighted by Gasteiger charge is 2.21. The fraction of sp³-hybridized carbons (Fsp3) is 0.462. The molecule has 0 amide bonds. The summed E-state index contributed by atoms with van der Waals surface area (Å²) in [6.45, 7) is 1.93. The van der Waals surface area contributed by atoms with E-state index in [0.29, 0.717) is 11.9 Å². The van der Waals surface area contributed by atoms with Crippen LogP contribution in [0.5, 0.6) is 0 Å². The Bertz CT molecular complexity index is 419. The van der Waals surface area contributed by atoms with Crippen molar-refractivity contribution in [2.45, 2.75) is 6.42 Å². The van der Waals surface area contributed by atoms with Gasteiger partial charge in [-0.25, -0.2) is 0 Å². The monoisotopic (exact) mass is 360 g/mol. The van der Waals surface area contributed by atoms with E-state index in [9.17, 15) is 0 Å². The highest BCUT2D eigenvalue weighted by atomic mass is 127. The number of fused-ring (bicyclic) bond motifs is 1. The van der Waals surface area contributed by atoms with E-state index < -0.39 is 0 Å². The molecular weight excluding hydrogens is 339 g/mol. The lowest BCUT2D eigenvalue weighted by Gasteiger charge is -2.33. The summed E-state index contributed by atoms with van der Waals surface area (Å²) in [5, 5.41) is 3.15. The molecule has 4 nitrogen and oxygen atoms in total. The minimum Gasteiger partial charge on any atom is -0.374 e. The predicted octanol–water partition coefficient (Wildman–Crippen LogP) is 1.45. The Hall–Kier alpha value is -0.980. The number of aliphatic imine (C=N–C) groups is 1. The molecule has 18 heavy (non-hydrogen) atoms. The maximum absolute atomic E-state index is 5.64. The maximum atomic E-state index is 5.64.